The minimum absolute atomic E-state index is 0.163. The van der Waals surface area contributed by atoms with Crippen molar-refractivity contribution in [2.24, 2.45) is 0 Å². The zero-order chi connectivity index (χ0) is 22.1. The summed E-state index contributed by atoms with van der Waals surface area (Å²) in [5, 5.41) is 17.5. The maximum absolute atomic E-state index is 11.5. The van der Waals surface area contributed by atoms with Crippen molar-refractivity contribution in [2.45, 2.75) is 154 Å². The molecule has 3 nitrogen and oxygen atoms in total. The Morgan fingerprint density at radius 3 is 1.43 bits per heavy atom. The summed E-state index contributed by atoms with van der Waals surface area (Å²) in [6, 6.07) is 0. The molecule has 0 saturated heterocycles. The molecular formula is C27H52O3. The topological polar surface area (TPSA) is 57.5 Å². The Morgan fingerprint density at radius 2 is 1.00 bits per heavy atom. The van der Waals surface area contributed by atoms with Crippen molar-refractivity contribution in [1.29, 1.82) is 0 Å². The second-order valence-electron chi connectivity index (χ2n) is 9.01. The van der Waals surface area contributed by atoms with Crippen LogP contribution in [0.15, 0.2) is 12.2 Å². The Kier molecular flexibility index (Phi) is 24.0. The molecule has 0 fully saturated rings. The minimum Gasteiger partial charge on any atom is -0.368 e. The van der Waals surface area contributed by atoms with Crippen molar-refractivity contribution in [3.63, 3.8) is 0 Å². The monoisotopic (exact) mass is 424 g/mol. The van der Waals surface area contributed by atoms with E-state index in [-0.39, 0.29) is 12.2 Å². The Bertz CT molecular complexity index is 376. The first-order chi connectivity index (χ1) is 14.7. The van der Waals surface area contributed by atoms with Crippen molar-refractivity contribution in [3.8, 4) is 0 Å². The first kappa shape index (κ1) is 29.3. The molecular weight excluding hydrogens is 372 g/mol. The lowest BCUT2D eigenvalue weighted by atomic mass is 10.0. The number of aliphatic hydroxyl groups is 2. The summed E-state index contributed by atoms with van der Waals surface area (Å²) in [6.45, 7) is 2.27. The number of hydrogen-bond acceptors (Lipinski definition) is 3. The molecule has 0 saturated carbocycles. The summed E-state index contributed by atoms with van der Waals surface area (Å²) >= 11 is 0. The quantitative estimate of drug-likeness (QED) is 0.0936. The molecule has 178 valence electrons. The summed E-state index contributed by atoms with van der Waals surface area (Å²) in [5.74, 6) is 0.163. The van der Waals surface area contributed by atoms with E-state index >= 15 is 0 Å². The van der Waals surface area contributed by atoms with Crippen LogP contribution in [-0.2, 0) is 4.79 Å². The second-order valence-corrected chi connectivity index (χ2v) is 9.01. The molecule has 0 amide bonds. The van der Waals surface area contributed by atoms with Crippen LogP contribution in [0, 0.1) is 0 Å². The molecule has 0 rings (SSSR count). The molecule has 0 aliphatic carbocycles. The van der Waals surface area contributed by atoms with Gasteiger partial charge < -0.3 is 10.2 Å². The number of unbranched alkanes of at least 4 members (excludes halogenated alkanes) is 17. The van der Waals surface area contributed by atoms with Crippen LogP contribution in [-0.4, -0.2) is 22.3 Å². The van der Waals surface area contributed by atoms with Gasteiger partial charge in [-0.3, -0.25) is 4.79 Å². The maximum Gasteiger partial charge on any atom is 0.151 e. The van der Waals surface area contributed by atoms with E-state index in [2.05, 4.69) is 19.1 Å². The van der Waals surface area contributed by atoms with Crippen LogP contribution in [0.3, 0.4) is 0 Å². The fourth-order valence-electron chi connectivity index (χ4n) is 3.87. The lowest BCUT2D eigenvalue weighted by Gasteiger charge is -2.04. The highest BCUT2D eigenvalue weighted by atomic mass is 16.5. The Labute approximate surface area is 187 Å². The Hall–Kier alpha value is -0.670. The van der Waals surface area contributed by atoms with Crippen LogP contribution in [0.2, 0.25) is 0 Å². The van der Waals surface area contributed by atoms with E-state index in [4.69, 9.17) is 10.2 Å². The van der Waals surface area contributed by atoms with Crippen molar-refractivity contribution >= 4 is 5.78 Å². The highest BCUT2D eigenvalue weighted by Gasteiger charge is 2.05. The average molecular weight is 425 g/mol. The average Bonchev–Trinajstić information content (AvgIpc) is 2.73. The third kappa shape index (κ3) is 25.4. The van der Waals surface area contributed by atoms with Crippen molar-refractivity contribution in [1.82, 2.24) is 0 Å². The molecule has 3 heteroatoms. The maximum atomic E-state index is 11.5. The SMILES string of the molecule is CCCCCCCC/C=C\CCCCCCCCCCCCCC(=O)CCC(O)O. The molecule has 0 aliphatic rings. The number of Topliss-reactive ketones (excluding diaryl/α,β-unsaturated/α-hetero) is 1. The minimum atomic E-state index is -1.34. The summed E-state index contributed by atoms with van der Waals surface area (Å²) in [5.41, 5.74) is 0. The van der Waals surface area contributed by atoms with Gasteiger partial charge in [-0.15, -0.1) is 0 Å². The van der Waals surface area contributed by atoms with E-state index in [1.165, 1.54) is 109 Å². The van der Waals surface area contributed by atoms with Crippen molar-refractivity contribution in [2.75, 3.05) is 0 Å². The standard InChI is InChI=1S/C27H52O3/c1-2-3-4-5-6-7-8-9-10-11-12-13-14-15-16-17-18-19-20-21-22-23-26(28)24-25-27(29)30/h9-10,27,29-30H,2-8,11-25H2,1H3/b10-9-. The third-order valence-electron chi connectivity index (χ3n) is 5.90. The predicted octanol–water partition coefficient (Wildman–Crippen LogP) is 8.02. The molecule has 0 radical (unpaired) electrons. The van der Waals surface area contributed by atoms with Crippen molar-refractivity contribution < 1.29 is 15.0 Å². The van der Waals surface area contributed by atoms with Gasteiger partial charge in [-0.05, 0) is 32.1 Å². The van der Waals surface area contributed by atoms with E-state index in [1.807, 2.05) is 0 Å². The molecule has 0 aromatic rings. The van der Waals surface area contributed by atoms with Crippen LogP contribution in [0.1, 0.15) is 148 Å². The Morgan fingerprint density at radius 1 is 0.600 bits per heavy atom. The van der Waals surface area contributed by atoms with Crippen LogP contribution < -0.4 is 0 Å². The molecule has 0 aliphatic heterocycles. The lowest BCUT2D eigenvalue weighted by molar-refractivity contribution is -0.121. The van der Waals surface area contributed by atoms with Gasteiger partial charge in [0, 0.05) is 19.3 Å². The first-order valence-corrected chi connectivity index (χ1v) is 13.2. The van der Waals surface area contributed by atoms with E-state index in [9.17, 15) is 4.79 Å². The number of allylic oxidation sites excluding steroid dienone is 2. The first-order valence-electron chi connectivity index (χ1n) is 13.2. The zero-order valence-corrected chi connectivity index (χ0v) is 20.1. The Balaban J connectivity index is 3.14. The largest absolute Gasteiger partial charge is 0.368 e. The number of aliphatic hydroxyl groups excluding tert-OH is 1. The molecule has 0 bridgehead atoms. The zero-order valence-electron chi connectivity index (χ0n) is 20.1. The van der Waals surface area contributed by atoms with E-state index < -0.39 is 6.29 Å². The fraction of sp³-hybridized carbons (Fsp3) is 0.889. The molecule has 0 heterocycles. The molecule has 2 N–H and O–H groups in total. The van der Waals surface area contributed by atoms with Crippen molar-refractivity contribution in [3.05, 3.63) is 12.2 Å². The highest BCUT2D eigenvalue weighted by Crippen LogP contribution is 2.13. The highest BCUT2D eigenvalue weighted by molar-refractivity contribution is 5.78. The normalized spacial score (nSPS) is 11.7. The van der Waals surface area contributed by atoms with Gasteiger partial charge in [-0.2, -0.15) is 0 Å². The van der Waals surface area contributed by atoms with Crippen LogP contribution in [0.5, 0.6) is 0 Å². The molecule has 0 atom stereocenters. The summed E-state index contributed by atoms with van der Waals surface area (Å²) in [4.78, 5) is 11.5. The molecule has 0 unspecified atom stereocenters. The van der Waals surface area contributed by atoms with Gasteiger partial charge in [0.25, 0.3) is 0 Å². The second kappa shape index (κ2) is 24.6. The van der Waals surface area contributed by atoms with Gasteiger partial charge in [0.2, 0.25) is 0 Å². The third-order valence-corrected chi connectivity index (χ3v) is 5.90. The summed E-state index contributed by atoms with van der Waals surface area (Å²) in [6.07, 6.45) is 29.5. The summed E-state index contributed by atoms with van der Waals surface area (Å²) in [7, 11) is 0. The number of rotatable bonds is 24. The number of carbonyl (C=O) groups is 1. The molecule has 0 aromatic carbocycles. The summed E-state index contributed by atoms with van der Waals surface area (Å²) < 4.78 is 0. The van der Waals surface area contributed by atoms with Crippen LogP contribution in [0.4, 0.5) is 0 Å². The molecule has 30 heavy (non-hydrogen) atoms. The van der Waals surface area contributed by atoms with Gasteiger partial charge in [0.1, 0.15) is 5.78 Å². The van der Waals surface area contributed by atoms with Gasteiger partial charge in [0.05, 0.1) is 0 Å². The molecule has 0 spiro atoms. The lowest BCUT2D eigenvalue weighted by Crippen LogP contribution is -2.08. The van der Waals surface area contributed by atoms with Gasteiger partial charge >= 0.3 is 0 Å². The van der Waals surface area contributed by atoms with Crippen LogP contribution in [0.25, 0.3) is 0 Å². The van der Waals surface area contributed by atoms with Gasteiger partial charge in [-0.25, -0.2) is 0 Å². The van der Waals surface area contributed by atoms with E-state index in [0.717, 1.165) is 12.8 Å². The number of hydrogen-bond donors (Lipinski definition) is 2. The fourth-order valence-corrected chi connectivity index (χ4v) is 3.87. The number of ketones is 1. The van der Waals surface area contributed by atoms with E-state index in [0.29, 0.717) is 12.8 Å². The van der Waals surface area contributed by atoms with Gasteiger partial charge in [-0.1, -0.05) is 109 Å². The molecule has 0 aromatic heterocycles. The number of carbonyl (C=O) groups excluding carboxylic acids is 1. The van der Waals surface area contributed by atoms with Crippen LogP contribution >= 0.6 is 0 Å². The van der Waals surface area contributed by atoms with E-state index in [1.54, 1.807) is 0 Å². The predicted molar refractivity (Wildman–Crippen MR) is 130 cm³/mol. The van der Waals surface area contributed by atoms with Gasteiger partial charge in [0.15, 0.2) is 6.29 Å². The smallest absolute Gasteiger partial charge is 0.151 e.